The van der Waals surface area contributed by atoms with Gasteiger partial charge in [-0.25, -0.2) is 9.18 Å². The highest BCUT2D eigenvalue weighted by atomic mass is 32.2. The summed E-state index contributed by atoms with van der Waals surface area (Å²) in [5, 5.41) is 11.3. The molecule has 36 heavy (non-hydrogen) atoms. The van der Waals surface area contributed by atoms with Crippen LogP contribution in [-0.2, 0) is 14.4 Å². The van der Waals surface area contributed by atoms with Crippen molar-refractivity contribution in [3.8, 4) is 0 Å². The highest BCUT2D eigenvalue weighted by Gasteiger charge is 2.51. The number of hydrogen-bond acceptors (Lipinski definition) is 7. The van der Waals surface area contributed by atoms with Crippen LogP contribution >= 0.6 is 11.8 Å². The van der Waals surface area contributed by atoms with Crippen LogP contribution in [0.4, 0.5) is 20.6 Å². The highest BCUT2D eigenvalue weighted by molar-refractivity contribution is 8.00. The quantitative estimate of drug-likeness (QED) is 0.466. The van der Waals surface area contributed by atoms with Crippen LogP contribution in [0.3, 0.4) is 0 Å². The summed E-state index contributed by atoms with van der Waals surface area (Å²) in [6.45, 7) is 1.39. The van der Waals surface area contributed by atoms with E-state index in [0.717, 1.165) is 4.90 Å². The van der Waals surface area contributed by atoms with Crippen molar-refractivity contribution in [1.82, 2.24) is 20.4 Å². The molecular formula is C24H27FN6O4S. The van der Waals surface area contributed by atoms with E-state index in [9.17, 15) is 23.6 Å². The molecule has 2 saturated heterocycles. The number of imide groups is 1. The number of amides is 5. The molecule has 10 nitrogen and oxygen atoms in total. The van der Waals surface area contributed by atoms with Crippen LogP contribution in [0.1, 0.15) is 18.7 Å². The number of carbonyl (C=O) groups excluding carboxylic acids is 4. The lowest BCUT2D eigenvalue weighted by Gasteiger charge is -2.50. The summed E-state index contributed by atoms with van der Waals surface area (Å²) in [7, 11) is 2.99. The van der Waals surface area contributed by atoms with E-state index in [1.54, 1.807) is 49.5 Å². The molecule has 2 fully saturated rings. The zero-order valence-electron chi connectivity index (χ0n) is 19.9. The molecule has 0 spiro atoms. The van der Waals surface area contributed by atoms with E-state index in [0.29, 0.717) is 16.9 Å². The Morgan fingerprint density at radius 3 is 2.42 bits per heavy atom. The average molecular weight is 515 g/mol. The van der Waals surface area contributed by atoms with Gasteiger partial charge in [0.15, 0.2) is 0 Å². The van der Waals surface area contributed by atoms with Crippen molar-refractivity contribution in [2.75, 3.05) is 30.5 Å². The van der Waals surface area contributed by atoms with E-state index in [4.69, 9.17) is 0 Å². The first-order valence-corrected chi connectivity index (χ1v) is 12.3. The standard InChI is InChI=1S/C24H27FN6O4S/c1-13(32)26-14-7-6-8-15(11-14)27-18(33)12-36-22-19-21(30(2)24(35)31(3)23(19)34)28-20(29-22)16-9-4-5-10-17(16)25/h4-11,19-22,28-29H,12H2,1-3H3,(H,26,32)(H,27,33). The molecule has 4 unspecified atom stereocenters. The van der Waals surface area contributed by atoms with Crippen LogP contribution in [0.25, 0.3) is 0 Å². The van der Waals surface area contributed by atoms with Crippen molar-refractivity contribution in [2.45, 2.75) is 24.6 Å². The Balaban J connectivity index is 1.51. The number of fused-ring (bicyclic) bond motifs is 1. The molecule has 4 atom stereocenters. The summed E-state index contributed by atoms with van der Waals surface area (Å²) in [4.78, 5) is 52.1. The molecule has 2 heterocycles. The number of hydrogen-bond donors (Lipinski definition) is 4. The van der Waals surface area contributed by atoms with Gasteiger partial charge in [-0.15, -0.1) is 11.8 Å². The third kappa shape index (κ3) is 5.35. The minimum atomic E-state index is -0.707. The fourth-order valence-corrected chi connectivity index (χ4v) is 5.44. The number of carbonyl (C=O) groups is 4. The van der Waals surface area contributed by atoms with Crippen molar-refractivity contribution in [1.29, 1.82) is 0 Å². The van der Waals surface area contributed by atoms with Crippen LogP contribution in [-0.4, -0.2) is 64.9 Å². The van der Waals surface area contributed by atoms with Crippen LogP contribution < -0.4 is 21.3 Å². The summed E-state index contributed by atoms with van der Waals surface area (Å²) >= 11 is 1.20. The van der Waals surface area contributed by atoms with Crippen molar-refractivity contribution in [3.63, 3.8) is 0 Å². The van der Waals surface area contributed by atoms with E-state index in [-0.39, 0.29) is 17.6 Å². The van der Waals surface area contributed by atoms with Crippen molar-refractivity contribution in [2.24, 2.45) is 5.92 Å². The van der Waals surface area contributed by atoms with Crippen molar-refractivity contribution >= 4 is 46.9 Å². The second-order valence-corrected chi connectivity index (χ2v) is 9.72. The first-order valence-electron chi connectivity index (χ1n) is 11.3. The summed E-state index contributed by atoms with van der Waals surface area (Å²) in [5.74, 6) is -2.09. The first-order chi connectivity index (χ1) is 17.2. The number of rotatable bonds is 6. The molecule has 2 aliphatic rings. The smallest absolute Gasteiger partial charge is 0.326 e. The monoisotopic (exact) mass is 514 g/mol. The largest absolute Gasteiger partial charge is 0.327 e. The lowest BCUT2D eigenvalue weighted by Crippen LogP contribution is -2.72. The topological polar surface area (TPSA) is 123 Å². The van der Waals surface area contributed by atoms with Crippen molar-refractivity contribution < 1.29 is 23.6 Å². The molecule has 12 heteroatoms. The van der Waals surface area contributed by atoms with Gasteiger partial charge in [-0.3, -0.25) is 29.9 Å². The van der Waals surface area contributed by atoms with Gasteiger partial charge in [0, 0.05) is 38.0 Å². The maximum absolute atomic E-state index is 14.6. The molecule has 2 aliphatic heterocycles. The minimum Gasteiger partial charge on any atom is -0.326 e. The lowest BCUT2D eigenvalue weighted by molar-refractivity contribution is -0.140. The van der Waals surface area contributed by atoms with E-state index in [1.165, 1.54) is 36.7 Å². The van der Waals surface area contributed by atoms with Crippen LogP contribution in [0.15, 0.2) is 48.5 Å². The highest BCUT2D eigenvalue weighted by Crippen LogP contribution is 2.35. The second-order valence-electron chi connectivity index (χ2n) is 8.59. The predicted molar refractivity (Wildman–Crippen MR) is 134 cm³/mol. The van der Waals surface area contributed by atoms with E-state index >= 15 is 0 Å². The third-order valence-corrected chi connectivity index (χ3v) is 7.25. The van der Waals surface area contributed by atoms with Gasteiger partial charge >= 0.3 is 6.03 Å². The Bertz CT molecular complexity index is 1200. The van der Waals surface area contributed by atoms with Gasteiger partial charge in [0.1, 0.15) is 5.82 Å². The number of nitrogens with zero attached hydrogens (tertiary/aromatic N) is 2. The summed E-state index contributed by atoms with van der Waals surface area (Å²) in [5.41, 5.74) is 1.39. The van der Waals surface area contributed by atoms with Gasteiger partial charge in [-0.2, -0.15) is 0 Å². The maximum atomic E-state index is 14.6. The van der Waals surface area contributed by atoms with Gasteiger partial charge in [-0.1, -0.05) is 24.3 Å². The SMILES string of the molecule is CC(=O)Nc1cccc(NC(=O)CSC2NC(c3ccccc3F)NC3C2C(=O)N(C)C(=O)N3C)c1. The first kappa shape index (κ1) is 25.6. The lowest BCUT2D eigenvalue weighted by atomic mass is 9.96. The van der Waals surface area contributed by atoms with E-state index in [2.05, 4.69) is 21.3 Å². The Morgan fingerprint density at radius 1 is 1.03 bits per heavy atom. The Labute approximate surface area is 212 Å². The Kier molecular flexibility index (Phi) is 7.57. The Hall–Kier alpha value is -3.48. The van der Waals surface area contributed by atoms with Gasteiger partial charge in [-0.05, 0) is 24.3 Å². The number of halogens is 1. The number of anilines is 2. The average Bonchev–Trinajstić information content (AvgIpc) is 2.84. The fraction of sp³-hybridized carbons (Fsp3) is 0.333. The number of urea groups is 1. The van der Waals surface area contributed by atoms with Gasteiger partial charge in [0.25, 0.3) is 0 Å². The fourth-order valence-electron chi connectivity index (χ4n) is 4.33. The molecule has 4 rings (SSSR count). The number of benzene rings is 2. The molecule has 2 aromatic rings. The molecule has 0 saturated carbocycles. The van der Waals surface area contributed by atoms with Crippen LogP contribution in [0.2, 0.25) is 0 Å². The van der Waals surface area contributed by atoms with E-state index < -0.39 is 41.4 Å². The minimum absolute atomic E-state index is 0.0100. The summed E-state index contributed by atoms with van der Waals surface area (Å²) in [6, 6.07) is 12.5. The summed E-state index contributed by atoms with van der Waals surface area (Å²) < 4.78 is 14.6. The van der Waals surface area contributed by atoms with Gasteiger partial charge < -0.3 is 15.5 Å². The van der Waals surface area contributed by atoms with Crippen molar-refractivity contribution in [3.05, 3.63) is 59.9 Å². The molecule has 0 radical (unpaired) electrons. The Morgan fingerprint density at radius 2 is 1.72 bits per heavy atom. The number of thioether (sulfide) groups is 1. The predicted octanol–water partition coefficient (Wildman–Crippen LogP) is 2.14. The molecule has 0 aliphatic carbocycles. The second kappa shape index (κ2) is 10.6. The van der Waals surface area contributed by atoms with Crippen LogP contribution in [0.5, 0.6) is 0 Å². The molecule has 4 N–H and O–H groups in total. The normalized spacial score (nSPS) is 23.8. The molecule has 2 aromatic carbocycles. The zero-order valence-corrected chi connectivity index (χ0v) is 20.8. The maximum Gasteiger partial charge on any atom is 0.327 e. The van der Waals surface area contributed by atoms with Gasteiger partial charge in [0.05, 0.1) is 29.4 Å². The van der Waals surface area contributed by atoms with Crippen LogP contribution in [0, 0.1) is 11.7 Å². The summed E-state index contributed by atoms with van der Waals surface area (Å²) in [6.07, 6.45) is -1.38. The third-order valence-electron chi connectivity index (χ3n) is 6.03. The molecule has 190 valence electrons. The molecule has 0 aromatic heterocycles. The zero-order chi connectivity index (χ0) is 26.0. The van der Waals surface area contributed by atoms with Gasteiger partial charge in [0.2, 0.25) is 17.7 Å². The number of nitrogens with one attached hydrogen (secondary N) is 4. The molecular weight excluding hydrogens is 487 g/mol. The van der Waals surface area contributed by atoms with E-state index in [1.807, 2.05) is 0 Å². The molecule has 0 bridgehead atoms. The molecule has 5 amide bonds.